The number of anilines is 1. The summed E-state index contributed by atoms with van der Waals surface area (Å²) in [5.74, 6) is 0.163. The van der Waals surface area contributed by atoms with Crippen molar-refractivity contribution < 1.29 is 8.60 Å². The van der Waals surface area contributed by atoms with Crippen molar-refractivity contribution in [3.63, 3.8) is 0 Å². The Morgan fingerprint density at radius 2 is 1.96 bits per heavy atom. The Labute approximate surface area is 137 Å². The Kier molecular flexibility index (Phi) is 4.00. The summed E-state index contributed by atoms with van der Waals surface area (Å²) in [6.07, 6.45) is 0. The van der Waals surface area contributed by atoms with Crippen molar-refractivity contribution in [3.05, 3.63) is 59.7 Å². The van der Waals surface area contributed by atoms with Gasteiger partial charge in [-0.1, -0.05) is 12.1 Å². The molecule has 1 aromatic heterocycles. The van der Waals surface area contributed by atoms with Gasteiger partial charge in [-0.2, -0.15) is 0 Å². The van der Waals surface area contributed by atoms with Gasteiger partial charge < -0.3 is 9.47 Å². The first-order chi connectivity index (χ1) is 11.0. The summed E-state index contributed by atoms with van der Waals surface area (Å²) in [5.41, 5.74) is 3.06. The molecule has 0 fully saturated rings. The van der Waals surface area contributed by atoms with E-state index >= 15 is 0 Å². The lowest BCUT2D eigenvalue weighted by atomic mass is 10.1. The zero-order valence-corrected chi connectivity index (χ0v) is 13.9. The first-order valence-electron chi connectivity index (χ1n) is 7.08. The molecular formula is C17H16FN3OS. The summed E-state index contributed by atoms with van der Waals surface area (Å²) in [6.45, 7) is 0. The molecule has 23 heavy (non-hydrogen) atoms. The summed E-state index contributed by atoms with van der Waals surface area (Å²) < 4.78 is 27.5. The van der Waals surface area contributed by atoms with Gasteiger partial charge in [0.2, 0.25) is 0 Å². The number of nitrogens with zero attached hydrogens (tertiary/aromatic N) is 3. The highest BCUT2D eigenvalue weighted by molar-refractivity contribution is 7.67. The molecule has 1 heterocycles. The van der Waals surface area contributed by atoms with Gasteiger partial charge in [0.1, 0.15) is 21.9 Å². The minimum Gasteiger partial charge on any atom is -0.377 e. The fraction of sp³-hybridized carbons (Fsp3) is 0.176. The van der Waals surface area contributed by atoms with Gasteiger partial charge in [0.05, 0.1) is 11.0 Å². The van der Waals surface area contributed by atoms with Crippen LogP contribution in [0.25, 0.3) is 11.0 Å². The van der Waals surface area contributed by atoms with Crippen LogP contribution < -0.4 is 4.90 Å². The highest BCUT2D eigenvalue weighted by Gasteiger charge is 2.19. The number of fused-ring (bicyclic) bond motifs is 1. The number of hydrogen-bond donors (Lipinski definition) is 0. The van der Waals surface area contributed by atoms with Gasteiger partial charge in [-0.05, 0) is 30.3 Å². The van der Waals surface area contributed by atoms with E-state index in [0.29, 0.717) is 27.5 Å². The third-order valence-corrected chi connectivity index (χ3v) is 4.33. The normalized spacial score (nSPS) is 10.8. The first kappa shape index (κ1) is 15.4. The zero-order valence-electron chi connectivity index (χ0n) is 13.1. The molecular weight excluding hydrogens is 313 g/mol. The first-order valence-corrected chi connectivity index (χ1v) is 7.83. The Hall–Kier alpha value is -2.47. The van der Waals surface area contributed by atoms with Crippen molar-refractivity contribution in [2.45, 2.75) is 0 Å². The Balaban J connectivity index is 2.27. The van der Waals surface area contributed by atoms with Crippen molar-refractivity contribution in [2.75, 3.05) is 19.0 Å². The smallest absolute Gasteiger partial charge is 0.154 e. The summed E-state index contributed by atoms with van der Waals surface area (Å²) in [4.78, 5) is 6.82. The second kappa shape index (κ2) is 5.96. The van der Waals surface area contributed by atoms with E-state index in [9.17, 15) is 8.60 Å². The van der Waals surface area contributed by atoms with E-state index in [4.69, 9.17) is 0 Å². The van der Waals surface area contributed by atoms with E-state index < -0.39 is 0 Å². The number of imidazole rings is 1. The van der Waals surface area contributed by atoms with E-state index in [1.807, 2.05) is 54.9 Å². The molecule has 0 atom stereocenters. The lowest BCUT2D eigenvalue weighted by molar-refractivity contribution is 0.627. The molecule has 0 N–H and O–H groups in total. The van der Waals surface area contributed by atoms with Crippen LogP contribution in [-0.2, 0) is 18.3 Å². The van der Waals surface area contributed by atoms with Gasteiger partial charge in [-0.25, -0.2) is 13.6 Å². The summed E-state index contributed by atoms with van der Waals surface area (Å²) in [7, 11) is 5.58. The summed E-state index contributed by atoms with van der Waals surface area (Å²) >= 11 is 0.336. The molecule has 118 valence electrons. The van der Waals surface area contributed by atoms with Crippen LogP contribution >= 0.6 is 0 Å². The number of hydrogen-bond acceptors (Lipinski definition) is 3. The van der Waals surface area contributed by atoms with E-state index in [1.54, 1.807) is 6.07 Å². The molecule has 0 aliphatic heterocycles. The molecule has 3 rings (SSSR count). The van der Waals surface area contributed by atoms with Crippen LogP contribution in [-0.4, -0.2) is 32.7 Å². The van der Waals surface area contributed by atoms with Gasteiger partial charge in [-0.15, -0.1) is 0 Å². The van der Waals surface area contributed by atoms with Crippen molar-refractivity contribution in [3.8, 4) is 0 Å². The topological polar surface area (TPSA) is 38.1 Å². The van der Waals surface area contributed by atoms with Crippen LogP contribution in [0.15, 0.2) is 42.5 Å². The van der Waals surface area contributed by atoms with E-state index in [1.165, 1.54) is 12.1 Å². The van der Waals surface area contributed by atoms with Crippen molar-refractivity contribution >= 4 is 32.8 Å². The number of aromatic nitrogens is 2. The average Bonchev–Trinajstić information content (AvgIpc) is 2.86. The van der Waals surface area contributed by atoms with Gasteiger partial charge >= 0.3 is 0 Å². The molecule has 3 aromatic rings. The quantitative estimate of drug-likeness (QED) is 0.547. The maximum absolute atomic E-state index is 13.8. The van der Waals surface area contributed by atoms with Crippen LogP contribution in [0.5, 0.6) is 0 Å². The van der Waals surface area contributed by atoms with Crippen LogP contribution in [0, 0.1) is 5.82 Å². The van der Waals surface area contributed by atoms with Crippen molar-refractivity contribution in [1.29, 1.82) is 0 Å². The summed E-state index contributed by atoms with van der Waals surface area (Å²) in [6, 6.07) is 12.1. The fourth-order valence-corrected chi connectivity index (χ4v) is 3.14. The predicted octanol–water partition coefficient (Wildman–Crippen LogP) is 2.56. The molecule has 4 nitrogen and oxygen atoms in total. The predicted molar refractivity (Wildman–Crippen MR) is 92.8 cm³/mol. The Morgan fingerprint density at radius 1 is 1.22 bits per heavy atom. The van der Waals surface area contributed by atoms with Gasteiger partial charge in [0.25, 0.3) is 0 Å². The summed E-state index contributed by atoms with van der Waals surface area (Å²) in [5, 5.41) is 0. The molecule has 0 unspecified atom stereocenters. The molecule has 0 saturated heterocycles. The average molecular weight is 329 g/mol. The molecule has 0 bridgehead atoms. The van der Waals surface area contributed by atoms with Gasteiger partial charge in [-0.3, -0.25) is 0 Å². The molecule has 0 aliphatic rings. The molecule has 2 aromatic carbocycles. The molecule has 6 heteroatoms. The molecule has 0 amide bonds. The minimum absolute atomic E-state index is 0.336. The Morgan fingerprint density at radius 3 is 2.61 bits per heavy atom. The van der Waals surface area contributed by atoms with Crippen molar-refractivity contribution in [2.24, 2.45) is 7.05 Å². The zero-order chi connectivity index (χ0) is 16.6. The van der Waals surface area contributed by atoms with E-state index in [2.05, 4.69) is 4.98 Å². The molecule has 0 saturated carbocycles. The van der Waals surface area contributed by atoms with Gasteiger partial charge in [0, 0.05) is 32.4 Å². The SMILES string of the molecule is CN(C)c1ccc(F)cc1C(=S=O)c1nc2ccccc2n1C. The highest BCUT2D eigenvalue weighted by Crippen LogP contribution is 2.24. The van der Waals surface area contributed by atoms with E-state index in [-0.39, 0.29) is 5.82 Å². The van der Waals surface area contributed by atoms with Crippen LogP contribution in [0.2, 0.25) is 0 Å². The van der Waals surface area contributed by atoms with Crippen LogP contribution in [0.1, 0.15) is 11.4 Å². The highest BCUT2D eigenvalue weighted by atomic mass is 32.1. The number of aryl methyl sites for hydroxylation is 1. The second-order valence-corrected chi connectivity index (χ2v) is 6.03. The number of para-hydroxylation sites is 2. The second-order valence-electron chi connectivity index (χ2n) is 5.45. The largest absolute Gasteiger partial charge is 0.377 e. The number of halogens is 1. The fourth-order valence-electron chi connectivity index (χ4n) is 2.63. The number of rotatable bonds is 3. The number of benzene rings is 2. The van der Waals surface area contributed by atoms with Crippen LogP contribution in [0.4, 0.5) is 10.1 Å². The third kappa shape index (κ3) is 2.66. The molecule has 0 radical (unpaired) electrons. The van der Waals surface area contributed by atoms with Crippen LogP contribution in [0.3, 0.4) is 0 Å². The van der Waals surface area contributed by atoms with Gasteiger partial charge in [0.15, 0.2) is 5.82 Å². The monoisotopic (exact) mass is 329 g/mol. The lowest BCUT2D eigenvalue weighted by Crippen LogP contribution is -2.17. The molecule has 0 aliphatic carbocycles. The molecule has 0 spiro atoms. The Bertz CT molecular complexity index is 942. The third-order valence-electron chi connectivity index (χ3n) is 3.76. The maximum Gasteiger partial charge on any atom is 0.154 e. The standard InChI is InChI=1S/C17H16FN3OS/c1-20(2)14-9-8-11(18)10-12(14)16(23-22)17-19-13-6-4-5-7-15(13)21(17)3/h4-10H,1-3H3. The minimum atomic E-state index is -0.379. The lowest BCUT2D eigenvalue weighted by Gasteiger charge is -2.17. The maximum atomic E-state index is 13.8. The van der Waals surface area contributed by atoms with E-state index in [0.717, 1.165) is 16.7 Å². The van der Waals surface area contributed by atoms with Crippen molar-refractivity contribution in [1.82, 2.24) is 9.55 Å².